The summed E-state index contributed by atoms with van der Waals surface area (Å²) in [5, 5.41) is 5.16. The summed E-state index contributed by atoms with van der Waals surface area (Å²) in [6.07, 6.45) is 2.25. The third-order valence-corrected chi connectivity index (χ3v) is 10.3. The van der Waals surface area contributed by atoms with Crippen molar-refractivity contribution < 1.29 is 47.5 Å². The third-order valence-electron chi connectivity index (χ3n) is 10.3. The molecule has 322 valence electrons. The third kappa shape index (κ3) is 11.3. The highest BCUT2D eigenvalue weighted by Gasteiger charge is 2.34. The van der Waals surface area contributed by atoms with E-state index in [0.717, 1.165) is 51.9 Å². The summed E-state index contributed by atoms with van der Waals surface area (Å²) in [5.41, 5.74) is 9.31. The lowest BCUT2D eigenvalue weighted by atomic mass is 9.90. The van der Waals surface area contributed by atoms with Crippen LogP contribution in [0.25, 0.3) is 22.3 Å². The van der Waals surface area contributed by atoms with Crippen LogP contribution >= 0.6 is 0 Å². The monoisotopic (exact) mass is 828 g/mol. The molecule has 1 unspecified atom stereocenters. The quantitative estimate of drug-likeness (QED) is 0.0348. The van der Waals surface area contributed by atoms with Gasteiger partial charge in [0, 0.05) is 23.1 Å². The van der Waals surface area contributed by atoms with Gasteiger partial charge in [0.25, 0.3) is 11.5 Å². The Morgan fingerprint density at radius 3 is 2.15 bits per heavy atom. The Bertz CT molecular complexity index is 2190. The number of cyclic esters (lactones) is 1. The van der Waals surface area contributed by atoms with Crippen LogP contribution in [0.1, 0.15) is 74.3 Å². The van der Waals surface area contributed by atoms with Crippen molar-refractivity contribution in [1.29, 1.82) is 0 Å². The lowest BCUT2D eigenvalue weighted by Crippen LogP contribution is -2.32. The molecule has 6 rings (SSSR count). The molecular formula is C45H56N4O11. The van der Waals surface area contributed by atoms with Gasteiger partial charge in [-0.25, -0.2) is 10.4 Å². The minimum absolute atomic E-state index is 0.0156. The maximum Gasteiger partial charge on any atom is 0.313 e. The zero-order valence-electron chi connectivity index (χ0n) is 35.0. The number of fused-ring (bicyclic) bond motifs is 5. The average molecular weight is 829 g/mol. The molecule has 4 heterocycles. The highest BCUT2D eigenvalue weighted by Crippen LogP contribution is 2.39. The zero-order valence-corrected chi connectivity index (χ0v) is 35.0. The van der Waals surface area contributed by atoms with Crippen LogP contribution in [-0.2, 0) is 57.6 Å². The number of carbonyl (C=O) groups is 2. The second kappa shape index (κ2) is 22.4. The summed E-state index contributed by atoms with van der Waals surface area (Å²) in [4.78, 5) is 43.9. The van der Waals surface area contributed by atoms with Crippen molar-refractivity contribution in [2.45, 2.75) is 66.0 Å². The first kappa shape index (κ1) is 44.4. The van der Waals surface area contributed by atoms with Gasteiger partial charge in [0.2, 0.25) is 0 Å². The number of nitrogens with zero attached hydrogens (tertiary/aromatic N) is 3. The van der Waals surface area contributed by atoms with Gasteiger partial charge in [0.15, 0.2) is 6.61 Å². The Balaban J connectivity index is 0.923. The minimum Gasteiger partial charge on any atom is -0.491 e. The molecule has 1 N–H and O–H groups in total. The maximum atomic E-state index is 13.6. The molecule has 2 aliphatic rings. The number of aromatic nitrogens is 2. The van der Waals surface area contributed by atoms with Gasteiger partial charge in [0.05, 0.1) is 100 Å². The number of amides is 1. The van der Waals surface area contributed by atoms with Gasteiger partial charge in [-0.15, -0.1) is 0 Å². The van der Waals surface area contributed by atoms with Crippen molar-refractivity contribution in [2.24, 2.45) is 5.10 Å². The topological polar surface area (TPSA) is 167 Å². The summed E-state index contributed by atoms with van der Waals surface area (Å²) in [6.45, 7) is 13.6. The molecule has 0 bridgehead atoms. The number of aryl methyl sites for hydroxylation is 1. The van der Waals surface area contributed by atoms with E-state index in [9.17, 15) is 14.4 Å². The lowest BCUT2D eigenvalue weighted by Gasteiger charge is -2.24. The van der Waals surface area contributed by atoms with E-state index in [4.69, 9.17) is 42.9 Å². The van der Waals surface area contributed by atoms with Crippen LogP contribution in [0.2, 0.25) is 0 Å². The Labute approximate surface area is 350 Å². The Morgan fingerprint density at radius 2 is 1.48 bits per heavy atom. The van der Waals surface area contributed by atoms with Gasteiger partial charge in [-0.05, 0) is 73.7 Å². The van der Waals surface area contributed by atoms with E-state index in [1.54, 1.807) is 17.6 Å². The number of pyridine rings is 2. The highest BCUT2D eigenvalue weighted by molar-refractivity contribution is 5.99. The van der Waals surface area contributed by atoms with Crippen LogP contribution in [0.5, 0.6) is 11.5 Å². The van der Waals surface area contributed by atoms with Gasteiger partial charge in [-0.2, -0.15) is 5.10 Å². The fourth-order valence-electron chi connectivity index (χ4n) is 7.20. The summed E-state index contributed by atoms with van der Waals surface area (Å²) in [5.74, 6) is -0.0271. The Kier molecular flexibility index (Phi) is 16.6. The predicted molar refractivity (Wildman–Crippen MR) is 225 cm³/mol. The van der Waals surface area contributed by atoms with E-state index in [1.165, 1.54) is 0 Å². The summed E-state index contributed by atoms with van der Waals surface area (Å²) >= 11 is 0. The first-order chi connectivity index (χ1) is 29.3. The lowest BCUT2D eigenvalue weighted by molar-refractivity contribution is -0.148. The number of carbonyl (C=O) groups excluding carboxylic acids is 2. The molecule has 0 radical (unpaired) electrons. The highest BCUT2D eigenvalue weighted by atomic mass is 16.6. The molecule has 4 aromatic rings. The zero-order chi connectivity index (χ0) is 42.3. The number of hydrogen-bond donors (Lipinski definition) is 1. The minimum atomic E-state index is -0.468. The fourth-order valence-corrected chi connectivity index (χ4v) is 7.20. The van der Waals surface area contributed by atoms with Crippen LogP contribution in [-0.4, -0.2) is 106 Å². The molecule has 15 heteroatoms. The van der Waals surface area contributed by atoms with E-state index < -0.39 is 11.8 Å². The summed E-state index contributed by atoms with van der Waals surface area (Å²) in [7, 11) is 0. The SMILES string of the molecule is CCCOCCOCCOCCOCCOCCOc1cccc(/C(C)=N/NC(=O)COc2ccc3nc4c(c(CC)c3c2)Cn2c-4cc3c(c2=O)COC(=O)C3CC)c1. The molecule has 0 aliphatic carbocycles. The first-order valence-corrected chi connectivity index (χ1v) is 20.8. The molecule has 0 saturated heterocycles. The number of rotatable bonds is 25. The van der Waals surface area contributed by atoms with Gasteiger partial charge in [0.1, 0.15) is 24.7 Å². The van der Waals surface area contributed by atoms with Crippen LogP contribution in [0, 0.1) is 0 Å². The van der Waals surface area contributed by atoms with Crippen LogP contribution in [0.4, 0.5) is 0 Å². The maximum absolute atomic E-state index is 13.6. The fraction of sp³-hybridized carbons (Fsp3) is 0.489. The van der Waals surface area contributed by atoms with Crippen molar-refractivity contribution in [2.75, 3.05) is 79.3 Å². The van der Waals surface area contributed by atoms with E-state index in [1.807, 2.05) is 49.4 Å². The van der Waals surface area contributed by atoms with Crippen LogP contribution in [0.3, 0.4) is 0 Å². The molecule has 60 heavy (non-hydrogen) atoms. The van der Waals surface area contributed by atoms with E-state index in [2.05, 4.69) is 24.4 Å². The van der Waals surface area contributed by atoms with Crippen molar-refractivity contribution >= 4 is 28.5 Å². The molecule has 0 saturated carbocycles. The second-order valence-corrected chi connectivity index (χ2v) is 14.3. The largest absolute Gasteiger partial charge is 0.491 e. The van der Waals surface area contributed by atoms with Crippen LogP contribution in [0.15, 0.2) is 58.4 Å². The van der Waals surface area contributed by atoms with Crippen molar-refractivity contribution in [1.82, 2.24) is 15.0 Å². The van der Waals surface area contributed by atoms with E-state index in [-0.39, 0.29) is 24.7 Å². The predicted octanol–water partition coefficient (Wildman–Crippen LogP) is 5.33. The molecule has 0 fully saturated rings. The Morgan fingerprint density at radius 1 is 0.817 bits per heavy atom. The van der Waals surface area contributed by atoms with Gasteiger partial charge in [-0.3, -0.25) is 14.4 Å². The normalized spacial score (nSPS) is 14.4. The molecule has 15 nitrogen and oxygen atoms in total. The van der Waals surface area contributed by atoms with E-state index >= 15 is 0 Å². The molecule has 1 amide bonds. The second-order valence-electron chi connectivity index (χ2n) is 14.3. The molecule has 1 atom stereocenters. The number of ether oxygens (including phenoxy) is 8. The molecule has 2 aliphatic heterocycles. The van der Waals surface area contributed by atoms with Crippen molar-refractivity contribution in [3.05, 3.63) is 86.7 Å². The standard InChI is InChI=1S/C45H56N4O11/c1-5-13-53-14-15-54-16-17-55-18-19-56-20-21-57-22-23-58-32-10-8-9-31(24-32)30(4)47-48-42(50)29-59-33-11-12-40-37(25-33)34(6-2)38-27-49-41(43(38)46-40)26-36-35(7-3)45(52)60-28-39(36)44(49)51/h8-12,24-26,35H,5-7,13-23,27-29H2,1-4H3,(H,48,50)/b47-30+. The number of esters is 1. The average Bonchev–Trinajstić information content (AvgIpc) is 3.63. The van der Waals surface area contributed by atoms with E-state index in [0.29, 0.717) is 114 Å². The van der Waals surface area contributed by atoms with Crippen molar-refractivity contribution in [3.63, 3.8) is 0 Å². The van der Waals surface area contributed by atoms with Gasteiger partial charge >= 0.3 is 5.97 Å². The van der Waals surface area contributed by atoms with Gasteiger partial charge < -0.3 is 42.5 Å². The van der Waals surface area contributed by atoms with Gasteiger partial charge in [-0.1, -0.05) is 32.9 Å². The first-order valence-electron chi connectivity index (χ1n) is 20.8. The summed E-state index contributed by atoms with van der Waals surface area (Å²) < 4.78 is 46.3. The van der Waals surface area contributed by atoms with Crippen molar-refractivity contribution in [3.8, 4) is 22.9 Å². The molecule has 2 aromatic heterocycles. The molecular weight excluding hydrogens is 773 g/mol. The summed E-state index contributed by atoms with van der Waals surface area (Å²) in [6, 6.07) is 14.9. The number of hydrazone groups is 1. The molecule has 2 aromatic carbocycles. The number of hydrogen-bond acceptors (Lipinski definition) is 13. The smallest absolute Gasteiger partial charge is 0.313 e. The number of benzene rings is 2. The Hall–Kier alpha value is -5.19. The molecule has 0 spiro atoms. The van der Waals surface area contributed by atoms with Crippen LogP contribution < -0.4 is 20.5 Å². The number of nitrogens with one attached hydrogen (secondary N) is 1.